The highest BCUT2D eigenvalue weighted by molar-refractivity contribution is 6.00. The molecule has 3 aromatic carbocycles. The maximum atomic E-state index is 4.57. The van der Waals surface area contributed by atoms with Gasteiger partial charge in [0, 0.05) is 30.8 Å². The van der Waals surface area contributed by atoms with Crippen molar-refractivity contribution < 1.29 is 0 Å². The van der Waals surface area contributed by atoms with Gasteiger partial charge in [-0.3, -0.25) is 9.98 Å². The molecule has 0 spiro atoms. The molecule has 4 heteroatoms. The summed E-state index contributed by atoms with van der Waals surface area (Å²) in [7, 11) is 0. The molecule has 0 radical (unpaired) electrons. The number of hydrogen-bond donors (Lipinski definition) is 2. The summed E-state index contributed by atoms with van der Waals surface area (Å²) in [6.45, 7) is 3.71. The lowest BCUT2D eigenvalue weighted by Crippen LogP contribution is -2.30. The topological polar surface area (TPSA) is 48.8 Å². The fourth-order valence-electron chi connectivity index (χ4n) is 3.97. The molecule has 0 amide bonds. The molecule has 5 rings (SSSR count). The van der Waals surface area contributed by atoms with Gasteiger partial charge in [0.2, 0.25) is 0 Å². The zero-order valence-corrected chi connectivity index (χ0v) is 18.7. The van der Waals surface area contributed by atoms with Crippen LogP contribution in [-0.4, -0.2) is 37.9 Å². The fourth-order valence-corrected chi connectivity index (χ4v) is 3.97. The van der Waals surface area contributed by atoms with E-state index in [0.29, 0.717) is 0 Å². The first kappa shape index (κ1) is 21.0. The van der Waals surface area contributed by atoms with Crippen LogP contribution in [0.3, 0.4) is 0 Å². The smallest absolute Gasteiger partial charge is 0.128 e. The molecule has 3 aromatic rings. The molecule has 0 saturated heterocycles. The normalized spacial score (nSPS) is 15.9. The summed E-state index contributed by atoms with van der Waals surface area (Å²) >= 11 is 0. The summed E-state index contributed by atoms with van der Waals surface area (Å²) in [4.78, 5) is 9.04. The standard InChI is InChI=1S/C29H28N4/c1-3-24(7-5-22-9-13-26(14-10-22)28-30-17-2-18-31-28)21-25(4-1)8-6-23-11-15-27(16-12-23)29-32-19-20-33-29/h1,3-16,21H,2,17-20H2,(H,30,31)(H,32,33)/b7-5+,8-6+. The lowest BCUT2D eigenvalue weighted by molar-refractivity contribution is 0.742. The Morgan fingerprint density at radius 2 is 1.06 bits per heavy atom. The molecule has 4 nitrogen and oxygen atoms in total. The lowest BCUT2D eigenvalue weighted by Gasteiger charge is -2.14. The Morgan fingerprint density at radius 3 is 1.55 bits per heavy atom. The minimum Gasteiger partial charge on any atom is -0.370 e. The van der Waals surface area contributed by atoms with Gasteiger partial charge in [0.1, 0.15) is 11.7 Å². The van der Waals surface area contributed by atoms with Crippen molar-refractivity contribution in [1.29, 1.82) is 0 Å². The zero-order valence-electron chi connectivity index (χ0n) is 18.7. The Bertz CT molecular complexity index is 1220. The Morgan fingerprint density at radius 1 is 0.545 bits per heavy atom. The molecule has 2 aliphatic heterocycles. The molecule has 0 aliphatic carbocycles. The summed E-state index contributed by atoms with van der Waals surface area (Å²) in [5.41, 5.74) is 7.01. The van der Waals surface area contributed by atoms with E-state index in [1.807, 2.05) is 0 Å². The molecule has 0 fully saturated rings. The van der Waals surface area contributed by atoms with Crippen LogP contribution in [0.4, 0.5) is 0 Å². The predicted octanol–water partition coefficient (Wildman–Crippen LogP) is 5.12. The van der Waals surface area contributed by atoms with Crippen LogP contribution in [0.1, 0.15) is 39.8 Å². The van der Waals surface area contributed by atoms with Crippen molar-refractivity contribution in [3.8, 4) is 0 Å². The van der Waals surface area contributed by atoms with Crippen molar-refractivity contribution in [2.45, 2.75) is 6.42 Å². The van der Waals surface area contributed by atoms with E-state index in [9.17, 15) is 0 Å². The van der Waals surface area contributed by atoms with E-state index in [0.717, 1.165) is 55.4 Å². The van der Waals surface area contributed by atoms with Gasteiger partial charge >= 0.3 is 0 Å². The van der Waals surface area contributed by atoms with Gasteiger partial charge in [-0.1, -0.05) is 91.0 Å². The lowest BCUT2D eigenvalue weighted by atomic mass is 10.1. The van der Waals surface area contributed by atoms with Crippen LogP contribution in [0.5, 0.6) is 0 Å². The van der Waals surface area contributed by atoms with Crippen LogP contribution in [-0.2, 0) is 0 Å². The molecule has 2 aliphatic rings. The largest absolute Gasteiger partial charge is 0.370 e. The van der Waals surface area contributed by atoms with Gasteiger partial charge in [-0.2, -0.15) is 0 Å². The number of nitrogens with zero attached hydrogens (tertiary/aromatic N) is 2. The molecular formula is C29H28N4. The van der Waals surface area contributed by atoms with E-state index in [1.54, 1.807) is 0 Å². The summed E-state index contributed by atoms with van der Waals surface area (Å²) in [5, 5.41) is 6.69. The van der Waals surface area contributed by atoms with E-state index in [4.69, 9.17) is 0 Å². The highest BCUT2D eigenvalue weighted by Crippen LogP contribution is 2.15. The second-order valence-electron chi connectivity index (χ2n) is 8.25. The average molecular weight is 433 g/mol. The average Bonchev–Trinajstić information content (AvgIpc) is 3.43. The number of aliphatic imine (C=N–C) groups is 2. The van der Waals surface area contributed by atoms with Crippen molar-refractivity contribution in [3.05, 3.63) is 106 Å². The fraction of sp³-hybridized carbons (Fsp3) is 0.172. The number of benzene rings is 3. The molecule has 2 N–H and O–H groups in total. The number of hydrogen-bond acceptors (Lipinski definition) is 4. The van der Waals surface area contributed by atoms with Crippen molar-refractivity contribution >= 4 is 36.0 Å². The van der Waals surface area contributed by atoms with E-state index in [2.05, 4.69) is 118 Å². The Labute approximate surface area is 195 Å². The first-order chi connectivity index (χ1) is 16.3. The van der Waals surface area contributed by atoms with Gasteiger partial charge in [-0.25, -0.2) is 0 Å². The third kappa shape index (κ3) is 5.47. The Kier molecular flexibility index (Phi) is 6.43. The Hall–Kier alpha value is -3.92. The van der Waals surface area contributed by atoms with Crippen molar-refractivity contribution in [2.24, 2.45) is 9.98 Å². The summed E-state index contributed by atoms with van der Waals surface area (Å²) < 4.78 is 0. The molecule has 0 bridgehead atoms. The molecule has 0 unspecified atom stereocenters. The third-order valence-corrected chi connectivity index (χ3v) is 5.79. The highest BCUT2D eigenvalue weighted by atomic mass is 15.1. The van der Waals surface area contributed by atoms with E-state index in [1.165, 1.54) is 22.3 Å². The minimum absolute atomic E-state index is 0.861. The Balaban J connectivity index is 1.23. The van der Waals surface area contributed by atoms with Crippen molar-refractivity contribution in [2.75, 3.05) is 26.2 Å². The molecular weight excluding hydrogens is 404 g/mol. The summed E-state index contributed by atoms with van der Waals surface area (Å²) in [6.07, 6.45) is 9.73. The van der Waals surface area contributed by atoms with Gasteiger partial charge in [0.05, 0.1) is 6.54 Å². The quantitative estimate of drug-likeness (QED) is 0.532. The summed E-state index contributed by atoms with van der Waals surface area (Å²) in [5.74, 6) is 2.01. The first-order valence-electron chi connectivity index (χ1n) is 11.6. The molecule has 2 heterocycles. The van der Waals surface area contributed by atoms with Crippen molar-refractivity contribution in [1.82, 2.24) is 10.6 Å². The number of rotatable bonds is 6. The van der Waals surface area contributed by atoms with Gasteiger partial charge in [-0.05, 0) is 34.7 Å². The van der Waals surface area contributed by atoms with E-state index in [-0.39, 0.29) is 0 Å². The molecule has 164 valence electrons. The number of nitrogens with one attached hydrogen (secondary N) is 2. The minimum atomic E-state index is 0.861. The van der Waals surface area contributed by atoms with Crippen molar-refractivity contribution in [3.63, 3.8) is 0 Å². The summed E-state index contributed by atoms with van der Waals surface area (Å²) in [6, 6.07) is 25.6. The van der Waals surface area contributed by atoms with Crippen LogP contribution in [0.15, 0.2) is 82.8 Å². The maximum Gasteiger partial charge on any atom is 0.128 e. The van der Waals surface area contributed by atoms with E-state index < -0.39 is 0 Å². The third-order valence-electron chi connectivity index (χ3n) is 5.79. The number of amidine groups is 2. The van der Waals surface area contributed by atoms with Crippen LogP contribution in [0.25, 0.3) is 24.3 Å². The monoisotopic (exact) mass is 432 g/mol. The molecule has 0 saturated carbocycles. The van der Waals surface area contributed by atoms with Crippen LogP contribution in [0.2, 0.25) is 0 Å². The zero-order chi connectivity index (χ0) is 22.3. The van der Waals surface area contributed by atoms with Crippen LogP contribution < -0.4 is 10.6 Å². The van der Waals surface area contributed by atoms with Gasteiger partial charge in [0.25, 0.3) is 0 Å². The molecule has 33 heavy (non-hydrogen) atoms. The van der Waals surface area contributed by atoms with Crippen LogP contribution in [0, 0.1) is 0 Å². The maximum absolute atomic E-state index is 4.57. The van der Waals surface area contributed by atoms with E-state index >= 15 is 0 Å². The SMILES string of the molecule is C(=C\c1cccc(/C=C/c2ccc(C3=NCCN3)cc2)c1)/c1ccc(C2=NCCCN2)cc1. The second kappa shape index (κ2) is 10.1. The predicted molar refractivity (Wildman–Crippen MR) is 141 cm³/mol. The second-order valence-corrected chi connectivity index (χ2v) is 8.25. The van der Waals surface area contributed by atoms with Crippen LogP contribution >= 0.6 is 0 Å². The highest BCUT2D eigenvalue weighted by Gasteiger charge is 2.07. The van der Waals surface area contributed by atoms with Gasteiger partial charge in [0.15, 0.2) is 0 Å². The van der Waals surface area contributed by atoms with Gasteiger partial charge in [-0.15, -0.1) is 0 Å². The van der Waals surface area contributed by atoms with Gasteiger partial charge < -0.3 is 10.6 Å². The molecule has 0 aromatic heterocycles. The first-order valence-corrected chi connectivity index (χ1v) is 11.6. The molecule has 0 atom stereocenters.